The van der Waals surface area contributed by atoms with Gasteiger partial charge in [-0.05, 0) is 48.9 Å². The molecule has 24 heavy (non-hydrogen) atoms. The zero-order chi connectivity index (χ0) is 17.1. The van der Waals surface area contributed by atoms with Crippen molar-refractivity contribution in [2.24, 2.45) is 0 Å². The number of rotatable bonds is 4. The molecule has 0 bridgehead atoms. The Balaban J connectivity index is 1.90. The number of halogens is 1. The van der Waals surface area contributed by atoms with Crippen LogP contribution in [0, 0.1) is 5.82 Å². The van der Waals surface area contributed by atoms with Crippen molar-refractivity contribution in [3.8, 4) is 5.75 Å². The third-order valence-corrected chi connectivity index (χ3v) is 4.63. The Morgan fingerprint density at radius 3 is 2.79 bits per heavy atom. The first-order valence-electron chi connectivity index (χ1n) is 7.35. The number of carbonyl (C=O) groups is 1. The van der Waals surface area contributed by atoms with E-state index in [-0.39, 0.29) is 5.91 Å². The molecule has 0 unspecified atom stereocenters. The second-order valence-corrected chi connectivity index (χ2v) is 6.68. The molecule has 0 saturated carbocycles. The first kappa shape index (κ1) is 16.7. The number of hydrogen-bond acceptors (Lipinski definition) is 4. The molecule has 122 valence electrons. The highest BCUT2D eigenvalue weighted by molar-refractivity contribution is 8.27. The van der Waals surface area contributed by atoms with Gasteiger partial charge in [0, 0.05) is 0 Å². The summed E-state index contributed by atoms with van der Waals surface area (Å²) in [4.78, 5) is 14.5. The number of thioether (sulfide) groups is 1. The smallest absolute Gasteiger partial charge is 0.270 e. The highest BCUT2D eigenvalue weighted by Gasteiger charge is 2.33. The molecular weight excluding hydrogens is 345 g/mol. The van der Waals surface area contributed by atoms with Crippen LogP contribution in [0.25, 0.3) is 6.08 Å². The van der Waals surface area contributed by atoms with Crippen molar-refractivity contribution in [2.45, 2.75) is 6.92 Å². The van der Waals surface area contributed by atoms with Gasteiger partial charge < -0.3 is 4.74 Å². The van der Waals surface area contributed by atoms with E-state index in [4.69, 9.17) is 17.0 Å². The molecule has 1 saturated heterocycles. The maximum absolute atomic E-state index is 13.4. The Kier molecular flexibility index (Phi) is 4.97. The van der Waals surface area contributed by atoms with E-state index in [1.807, 2.05) is 31.2 Å². The molecule has 0 aliphatic carbocycles. The van der Waals surface area contributed by atoms with E-state index in [9.17, 15) is 9.18 Å². The summed E-state index contributed by atoms with van der Waals surface area (Å²) < 4.78 is 19.3. The number of nitrogens with zero attached hydrogens (tertiary/aromatic N) is 1. The highest BCUT2D eigenvalue weighted by atomic mass is 32.2. The lowest BCUT2D eigenvalue weighted by Crippen LogP contribution is -2.27. The van der Waals surface area contributed by atoms with Gasteiger partial charge >= 0.3 is 0 Å². The summed E-state index contributed by atoms with van der Waals surface area (Å²) in [5, 5.41) is 0. The summed E-state index contributed by atoms with van der Waals surface area (Å²) in [6.07, 6.45) is 1.76. The number of thiocarbonyl (C=S) groups is 1. The van der Waals surface area contributed by atoms with Gasteiger partial charge in [0.2, 0.25) is 0 Å². The lowest BCUT2D eigenvalue weighted by atomic mass is 10.2. The molecule has 1 amide bonds. The predicted octanol–water partition coefficient (Wildman–Crippen LogP) is 4.63. The number of hydrogen-bond donors (Lipinski definition) is 0. The van der Waals surface area contributed by atoms with Gasteiger partial charge in [-0.15, -0.1) is 0 Å². The summed E-state index contributed by atoms with van der Waals surface area (Å²) in [5.74, 6) is 0.0826. The highest BCUT2D eigenvalue weighted by Crippen LogP contribution is 2.36. The summed E-state index contributed by atoms with van der Waals surface area (Å²) in [6, 6.07) is 13.3. The third kappa shape index (κ3) is 3.49. The molecule has 1 fully saturated rings. The second-order valence-electron chi connectivity index (χ2n) is 5.00. The van der Waals surface area contributed by atoms with Gasteiger partial charge in [-0.25, -0.2) is 4.39 Å². The van der Waals surface area contributed by atoms with E-state index >= 15 is 0 Å². The van der Waals surface area contributed by atoms with Crippen molar-refractivity contribution in [1.82, 2.24) is 0 Å². The predicted molar refractivity (Wildman–Crippen MR) is 99.7 cm³/mol. The van der Waals surface area contributed by atoms with Crippen LogP contribution in [0.5, 0.6) is 5.75 Å². The Bertz CT molecular complexity index is 835. The first-order chi connectivity index (χ1) is 11.6. The molecule has 2 aromatic carbocycles. The quantitative estimate of drug-likeness (QED) is 0.588. The summed E-state index contributed by atoms with van der Waals surface area (Å²) in [6.45, 7) is 2.49. The standard InChI is InChI=1S/C18H14FNO2S2/c1-2-22-15-8-3-5-12(9-15)10-16-17(21)20(18(23)24-16)14-7-4-6-13(19)11-14/h3-11H,2H2,1H3/b16-10+. The second kappa shape index (κ2) is 7.15. The van der Waals surface area contributed by atoms with Crippen LogP contribution < -0.4 is 9.64 Å². The van der Waals surface area contributed by atoms with Crippen LogP contribution in [-0.2, 0) is 4.79 Å². The Labute approximate surface area is 149 Å². The van der Waals surface area contributed by atoms with Crippen LogP contribution in [0.4, 0.5) is 10.1 Å². The van der Waals surface area contributed by atoms with E-state index in [1.54, 1.807) is 18.2 Å². The van der Waals surface area contributed by atoms with E-state index in [2.05, 4.69) is 0 Å². The van der Waals surface area contributed by atoms with E-state index in [0.717, 1.165) is 11.3 Å². The molecule has 3 nitrogen and oxygen atoms in total. The topological polar surface area (TPSA) is 29.5 Å². The molecule has 3 rings (SSSR count). The molecule has 0 spiro atoms. The average Bonchev–Trinajstić information content (AvgIpc) is 2.82. The third-order valence-electron chi connectivity index (χ3n) is 3.33. The van der Waals surface area contributed by atoms with Crippen molar-refractivity contribution in [3.63, 3.8) is 0 Å². The first-order valence-corrected chi connectivity index (χ1v) is 8.57. The van der Waals surface area contributed by atoms with Gasteiger partial charge in [0.05, 0.1) is 17.2 Å². The minimum Gasteiger partial charge on any atom is -0.494 e. The molecule has 6 heteroatoms. The average molecular weight is 359 g/mol. The van der Waals surface area contributed by atoms with Crippen LogP contribution in [0.15, 0.2) is 53.4 Å². The molecule has 1 heterocycles. The van der Waals surface area contributed by atoms with Gasteiger partial charge in [-0.2, -0.15) is 0 Å². The molecule has 0 radical (unpaired) electrons. The van der Waals surface area contributed by atoms with Gasteiger partial charge in [0.25, 0.3) is 5.91 Å². The zero-order valence-corrected chi connectivity index (χ0v) is 14.5. The number of anilines is 1. The van der Waals surface area contributed by atoms with Gasteiger partial charge in [0.15, 0.2) is 4.32 Å². The Morgan fingerprint density at radius 1 is 1.25 bits per heavy atom. The minimum absolute atomic E-state index is 0.252. The van der Waals surface area contributed by atoms with Gasteiger partial charge in [-0.3, -0.25) is 9.69 Å². The van der Waals surface area contributed by atoms with Crippen molar-refractivity contribution < 1.29 is 13.9 Å². The largest absolute Gasteiger partial charge is 0.494 e. The number of benzene rings is 2. The number of amides is 1. The van der Waals surface area contributed by atoms with Crippen molar-refractivity contribution >= 4 is 46.0 Å². The fourth-order valence-electron chi connectivity index (χ4n) is 2.32. The molecule has 0 atom stereocenters. The van der Waals surface area contributed by atoms with Crippen molar-refractivity contribution in [2.75, 3.05) is 11.5 Å². The van der Waals surface area contributed by atoms with E-state index in [0.29, 0.717) is 21.5 Å². The van der Waals surface area contributed by atoms with Crippen LogP contribution in [0.3, 0.4) is 0 Å². The maximum Gasteiger partial charge on any atom is 0.270 e. The van der Waals surface area contributed by atoms with Crippen LogP contribution in [-0.4, -0.2) is 16.8 Å². The van der Waals surface area contributed by atoms with Gasteiger partial charge in [-0.1, -0.05) is 42.2 Å². The maximum atomic E-state index is 13.4. The Hall–Kier alpha value is -2.18. The zero-order valence-electron chi connectivity index (χ0n) is 12.9. The molecule has 0 aromatic heterocycles. The summed E-state index contributed by atoms with van der Waals surface area (Å²) in [7, 11) is 0. The van der Waals surface area contributed by atoms with Crippen LogP contribution in [0.2, 0.25) is 0 Å². The number of carbonyl (C=O) groups excluding carboxylic acids is 1. The van der Waals surface area contributed by atoms with E-state index in [1.165, 1.54) is 28.8 Å². The van der Waals surface area contributed by atoms with Gasteiger partial charge in [0.1, 0.15) is 11.6 Å². The molecule has 2 aromatic rings. The fourth-order valence-corrected chi connectivity index (χ4v) is 3.62. The summed E-state index contributed by atoms with van der Waals surface area (Å²) >= 11 is 6.49. The minimum atomic E-state index is -0.407. The Morgan fingerprint density at radius 2 is 2.04 bits per heavy atom. The lowest BCUT2D eigenvalue weighted by Gasteiger charge is -2.14. The summed E-state index contributed by atoms with van der Waals surface area (Å²) in [5.41, 5.74) is 1.28. The SMILES string of the molecule is CCOc1cccc(/C=C2/SC(=S)N(c3cccc(F)c3)C2=O)c1. The van der Waals surface area contributed by atoms with Crippen LogP contribution in [0.1, 0.15) is 12.5 Å². The van der Waals surface area contributed by atoms with E-state index < -0.39 is 5.82 Å². The molecular formula is C18H14FNO2S2. The molecule has 0 N–H and O–H groups in total. The van der Waals surface area contributed by atoms with Crippen molar-refractivity contribution in [1.29, 1.82) is 0 Å². The molecule has 1 aliphatic rings. The van der Waals surface area contributed by atoms with Crippen molar-refractivity contribution in [3.05, 3.63) is 64.8 Å². The number of ether oxygens (including phenoxy) is 1. The monoisotopic (exact) mass is 359 g/mol. The van der Waals surface area contributed by atoms with Crippen LogP contribution >= 0.6 is 24.0 Å². The normalized spacial score (nSPS) is 16.1. The fraction of sp³-hybridized carbons (Fsp3) is 0.111. The lowest BCUT2D eigenvalue weighted by molar-refractivity contribution is -0.113. The molecule has 1 aliphatic heterocycles.